The molecule has 0 N–H and O–H groups in total. The van der Waals surface area contributed by atoms with Gasteiger partial charge in [0.1, 0.15) is 0 Å². The maximum absolute atomic E-state index is 6.08. The van der Waals surface area contributed by atoms with Gasteiger partial charge in [-0.2, -0.15) is 0 Å². The molecule has 0 aliphatic carbocycles. The minimum absolute atomic E-state index is 0.749. The quantitative estimate of drug-likeness (QED) is 0.617. The van der Waals surface area contributed by atoms with Crippen molar-refractivity contribution in [1.82, 2.24) is 4.90 Å². The van der Waals surface area contributed by atoms with Crippen LogP contribution in [-0.4, -0.2) is 29.6 Å². The van der Waals surface area contributed by atoms with Crippen molar-refractivity contribution in [2.24, 2.45) is 0 Å². The molecular formula is C14H17ClN2S. The zero-order chi connectivity index (χ0) is 13.1. The molecule has 0 amide bonds. The van der Waals surface area contributed by atoms with E-state index in [1.807, 2.05) is 24.3 Å². The number of rotatable bonds is 3. The molecule has 1 heterocycles. The Hall–Kier alpha value is -1.06. The summed E-state index contributed by atoms with van der Waals surface area (Å²) in [6.07, 6.45) is 2.99. The van der Waals surface area contributed by atoms with Crippen LogP contribution in [0.1, 0.15) is 12.0 Å². The first-order valence-electron chi connectivity index (χ1n) is 6.07. The lowest BCUT2D eigenvalue weighted by molar-refractivity contribution is 0.425. The van der Waals surface area contributed by atoms with Gasteiger partial charge >= 0.3 is 0 Å². The molecule has 1 aromatic rings. The zero-order valence-corrected chi connectivity index (χ0v) is 12.1. The van der Waals surface area contributed by atoms with Crippen molar-refractivity contribution in [2.75, 3.05) is 24.5 Å². The van der Waals surface area contributed by atoms with Crippen LogP contribution in [0.15, 0.2) is 30.9 Å². The summed E-state index contributed by atoms with van der Waals surface area (Å²) in [6, 6.07) is 5.93. The summed E-state index contributed by atoms with van der Waals surface area (Å²) in [5.74, 6) is 0. The molecule has 1 aliphatic heterocycles. The van der Waals surface area contributed by atoms with Crippen molar-refractivity contribution < 1.29 is 0 Å². The Morgan fingerprint density at radius 2 is 2.22 bits per heavy atom. The fourth-order valence-corrected chi connectivity index (χ4v) is 2.73. The van der Waals surface area contributed by atoms with Crippen molar-refractivity contribution in [3.05, 3.63) is 41.4 Å². The van der Waals surface area contributed by atoms with E-state index in [4.69, 9.17) is 23.8 Å². The van der Waals surface area contributed by atoms with Gasteiger partial charge < -0.3 is 9.80 Å². The van der Waals surface area contributed by atoms with Crippen LogP contribution in [0.3, 0.4) is 0 Å². The lowest BCUT2D eigenvalue weighted by Crippen LogP contribution is -2.49. The van der Waals surface area contributed by atoms with Gasteiger partial charge in [-0.15, -0.1) is 6.58 Å². The maximum Gasteiger partial charge on any atom is 0.176 e. The molecule has 0 aromatic heterocycles. The molecule has 0 spiro atoms. The topological polar surface area (TPSA) is 6.48 Å². The largest absolute Gasteiger partial charge is 0.345 e. The summed E-state index contributed by atoms with van der Waals surface area (Å²) in [7, 11) is 0. The van der Waals surface area contributed by atoms with Gasteiger partial charge in [-0.1, -0.05) is 23.7 Å². The van der Waals surface area contributed by atoms with Gasteiger partial charge in [-0.25, -0.2) is 0 Å². The van der Waals surface area contributed by atoms with E-state index in [-0.39, 0.29) is 0 Å². The normalized spacial score (nSPS) is 16.0. The molecule has 1 fully saturated rings. The van der Waals surface area contributed by atoms with Gasteiger partial charge in [0.25, 0.3) is 0 Å². The third-order valence-electron chi connectivity index (χ3n) is 3.12. The Labute approximate surface area is 119 Å². The molecular weight excluding hydrogens is 264 g/mol. The Balaban J connectivity index is 2.29. The average molecular weight is 281 g/mol. The Bertz CT molecular complexity index is 473. The van der Waals surface area contributed by atoms with Crippen molar-refractivity contribution in [3.63, 3.8) is 0 Å². The summed E-state index contributed by atoms with van der Waals surface area (Å²) < 4.78 is 0. The second-order valence-electron chi connectivity index (χ2n) is 4.45. The van der Waals surface area contributed by atoms with Gasteiger partial charge in [0.15, 0.2) is 5.11 Å². The number of hydrogen-bond acceptors (Lipinski definition) is 1. The molecule has 2 nitrogen and oxygen atoms in total. The minimum Gasteiger partial charge on any atom is -0.345 e. The second kappa shape index (κ2) is 5.72. The van der Waals surface area contributed by atoms with Crippen LogP contribution >= 0.6 is 23.8 Å². The smallest absolute Gasteiger partial charge is 0.176 e. The Kier molecular flexibility index (Phi) is 4.25. The van der Waals surface area contributed by atoms with Crippen molar-refractivity contribution in [3.8, 4) is 0 Å². The fourth-order valence-electron chi connectivity index (χ4n) is 2.20. The summed E-state index contributed by atoms with van der Waals surface area (Å²) in [5.41, 5.74) is 2.31. The van der Waals surface area contributed by atoms with Gasteiger partial charge in [0, 0.05) is 30.3 Å². The van der Waals surface area contributed by atoms with Crippen molar-refractivity contribution >= 4 is 34.6 Å². The highest BCUT2D eigenvalue weighted by molar-refractivity contribution is 7.80. The van der Waals surface area contributed by atoms with E-state index in [2.05, 4.69) is 23.3 Å². The second-order valence-corrected chi connectivity index (χ2v) is 5.25. The molecule has 4 heteroatoms. The Morgan fingerprint density at radius 1 is 1.44 bits per heavy atom. The third-order valence-corrected chi connectivity index (χ3v) is 3.84. The highest BCUT2D eigenvalue weighted by atomic mass is 35.5. The van der Waals surface area contributed by atoms with Gasteiger partial charge in [0.05, 0.1) is 0 Å². The molecule has 1 aromatic carbocycles. The van der Waals surface area contributed by atoms with Gasteiger partial charge in [-0.05, 0) is 43.3 Å². The molecule has 0 atom stereocenters. The number of nitrogens with zero attached hydrogens (tertiary/aromatic N) is 2. The van der Waals surface area contributed by atoms with Crippen LogP contribution < -0.4 is 4.90 Å². The molecule has 1 saturated heterocycles. The highest BCUT2D eigenvalue weighted by Crippen LogP contribution is 2.27. The van der Waals surface area contributed by atoms with E-state index >= 15 is 0 Å². The lowest BCUT2D eigenvalue weighted by atomic mass is 10.1. The predicted octanol–water partition coefficient (Wildman–Crippen LogP) is 3.63. The number of anilines is 1. The molecule has 96 valence electrons. The first kappa shape index (κ1) is 13.4. The number of benzene rings is 1. The molecule has 0 saturated carbocycles. The summed E-state index contributed by atoms with van der Waals surface area (Å²) in [5, 5.41) is 1.62. The highest BCUT2D eigenvalue weighted by Gasteiger charge is 2.23. The standard InChI is InChI=1S/C14H17ClN2S/c1-3-7-16-8-4-9-17(14(16)18)13-10-12(15)6-5-11(13)2/h3,5-6,10H,1,4,7-9H2,2H3. The Morgan fingerprint density at radius 3 is 2.94 bits per heavy atom. The molecule has 2 rings (SSSR count). The molecule has 0 radical (unpaired) electrons. The first-order chi connectivity index (χ1) is 8.63. The minimum atomic E-state index is 0.749. The van der Waals surface area contributed by atoms with Crippen LogP contribution in [0.2, 0.25) is 5.02 Å². The van der Waals surface area contributed by atoms with Crippen LogP contribution in [-0.2, 0) is 0 Å². The SMILES string of the molecule is C=CCN1CCCN(c2cc(Cl)ccc2C)C1=S. The van der Waals surface area contributed by atoms with Gasteiger partial charge in [-0.3, -0.25) is 0 Å². The van der Waals surface area contributed by atoms with Gasteiger partial charge in [0.2, 0.25) is 0 Å². The number of aryl methyl sites for hydroxylation is 1. The summed E-state index contributed by atoms with van der Waals surface area (Å²) >= 11 is 11.6. The molecule has 1 aliphatic rings. The third kappa shape index (κ3) is 2.68. The van der Waals surface area contributed by atoms with Crippen molar-refractivity contribution in [1.29, 1.82) is 0 Å². The zero-order valence-electron chi connectivity index (χ0n) is 10.5. The van der Waals surface area contributed by atoms with E-state index in [0.29, 0.717) is 0 Å². The average Bonchev–Trinajstić information content (AvgIpc) is 2.35. The van der Waals surface area contributed by atoms with Crippen molar-refractivity contribution in [2.45, 2.75) is 13.3 Å². The molecule has 0 bridgehead atoms. The number of thiocarbonyl (C=S) groups is 1. The van der Waals surface area contributed by atoms with E-state index in [0.717, 1.165) is 41.9 Å². The van der Waals surface area contributed by atoms with Crippen LogP contribution in [0.4, 0.5) is 5.69 Å². The van der Waals surface area contributed by atoms with E-state index in [9.17, 15) is 0 Å². The van der Waals surface area contributed by atoms with Crippen LogP contribution in [0.5, 0.6) is 0 Å². The summed E-state index contributed by atoms with van der Waals surface area (Å²) in [4.78, 5) is 4.34. The monoisotopic (exact) mass is 280 g/mol. The van der Waals surface area contributed by atoms with Crippen LogP contribution in [0.25, 0.3) is 0 Å². The van der Waals surface area contributed by atoms with Crippen LogP contribution in [0, 0.1) is 6.92 Å². The van der Waals surface area contributed by atoms with E-state index in [1.54, 1.807) is 0 Å². The predicted molar refractivity (Wildman–Crippen MR) is 82.5 cm³/mol. The number of hydrogen-bond donors (Lipinski definition) is 0. The molecule has 18 heavy (non-hydrogen) atoms. The first-order valence-corrected chi connectivity index (χ1v) is 6.85. The maximum atomic E-state index is 6.08. The van der Waals surface area contributed by atoms with E-state index in [1.165, 1.54) is 5.56 Å². The van der Waals surface area contributed by atoms with E-state index < -0.39 is 0 Å². The number of halogens is 1. The lowest BCUT2D eigenvalue weighted by Gasteiger charge is -2.38. The fraction of sp³-hybridized carbons (Fsp3) is 0.357. The summed E-state index contributed by atoms with van der Waals surface area (Å²) in [6.45, 7) is 8.62. The molecule has 0 unspecified atom stereocenters.